The van der Waals surface area contributed by atoms with Crippen LogP contribution in [0.4, 0.5) is 5.82 Å². The van der Waals surface area contributed by atoms with Gasteiger partial charge in [0.1, 0.15) is 24.0 Å². The molecule has 0 spiro atoms. The summed E-state index contributed by atoms with van der Waals surface area (Å²) in [5, 5.41) is 7.39. The summed E-state index contributed by atoms with van der Waals surface area (Å²) in [4.78, 5) is 37.9. The zero-order valence-corrected chi connectivity index (χ0v) is 15.2. The molecule has 3 aromatic rings. The first-order chi connectivity index (χ1) is 12.9. The SMILES string of the molecule is CC(C)(C(=O)/C=c1\[nH]c(=O)/c(=C/c2ccc(N=[N+]=[N-])nc2)s1)n1cncn1. The molecular formula is C16H14N8O2S. The molecule has 0 unspecified atom stereocenters. The quantitative estimate of drug-likeness (QED) is 0.397. The lowest BCUT2D eigenvalue weighted by atomic mass is 10.00. The van der Waals surface area contributed by atoms with Crippen LogP contribution in [0.5, 0.6) is 0 Å². The highest BCUT2D eigenvalue weighted by Gasteiger charge is 2.28. The molecule has 0 saturated carbocycles. The first-order valence-electron chi connectivity index (χ1n) is 7.73. The summed E-state index contributed by atoms with van der Waals surface area (Å²) in [6.07, 6.45) is 7.34. The summed E-state index contributed by atoms with van der Waals surface area (Å²) in [6.45, 7) is 3.44. The molecule has 0 fully saturated rings. The van der Waals surface area contributed by atoms with Crippen molar-refractivity contribution in [2.24, 2.45) is 5.11 Å². The summed E-state index contributed by atoms with van der Waals surface area (Å²) < 4.78 is 2.32. The predicted octanol–water partition coefficient (Wildman–Crippen LogP) is 0.978. The van der Waals surface area contributed by atoms with Crippen LogP contribution in [0.3, 0.4) is 0 Å². The molecule has 10 nitrogen and oxygen atoms in total. The average Bonchev–Trinajstić information content (AvgIpc) is 3.28. The topological polar surface area (TPSA) is 142 Å². The van der Waals surface area contributed by atoms with Crippen LogP contribution in [0.1, 0.15) is 19.4 Å². The summed E-state index contributed by atoms with van der Waals surface area (Å²) in [5.74, 6) is 0.0159. The Morgan fingerprint density at radius 2 is 2.26 bits per heavy atom. The van der Waals surface area contributed by atoms with E-state index in [0.29, 0.717) is 14.8 Å². The normalized spacial score (nSPS) is 12.8. The van der Waals surface area contributed by atoms with Gasteiger partial charge in [0.2, 0.25) is 0 Å². The number of hydrogen-bond donors (Lipinski definition) is 1. The number of Topliss-reactive ketones (excluding diaryl/α,β-unsaturated/α-hetero) is 1. The van der Waals surface area contributed by atoms with Crippen LogP contribution >= 0.6 is 11.3 Å². The van der Waals surface area contributed by atoms with Gasteiger partial charge in [-0.2, -0.15) is 5.10 Å². The third-order valence-corrected chi connectivity index (χ3v) is 4.72. The third kappa shape index (κ3) is 4.00. The Bertz CT molecular complexity index is 1180. The van der Waals surface area contributed by atoms with Crippen molar-refractivity contribution in [2.45, 2.75) is 19.4 Å². The number of ketones is 1. The number of rotatable bonds is 5. The number of aromatic nitrogens is 5. The van der Waals surface area contributed by atoms with E-state index < -0.39 is 5.54 Å². The number of hydrogen-bond acceptors (Lipinski definition) is 7. The van der Waals surface area contributed by atoms with Crippen molar-refractivity contribution >= 4 is 35.1 Å². The van der Waals surface area contributed by atoms with E-state index in [4.69, 9.17) is 5.53 Å². The van der Waals surface area contributed by atoms with Gasteiger partial charge in [0.25, 0.3) is 5.56 Å². The van der Waals surface area contributed by atoms with Crippen molar-refractivity contribution in [1.29, 1.82) is 0 Å². The van der Waals surface area contributed by atoms with Crippen molar-refractivity contribution in [3.63, 3.8) is 0 Å². The van der Waals surface area contributed by atoms with Gasteiger partial charge in [-0.1, -0.05) is 6.07 Å². The highest BCUT2D eigenvalue weighted by atomic mass is 32.1. The number of pyridine rings is 1. The standard InChI is InChI=1S/C16H14N8O2S/c1-16(2,24-9-18-8-20-24)12(25)6-14-21-15(26)11(27-14)5-10-3-4-13(19-7-10)22-23-17/h3-9H,1-2H3,(H,21,26)/b11-5-,14-6+. The number of nitrogens with zero attached hydrogens (tertiary/aromatic N) is 7. The molecule has 0 bridgehead atoms. The lowest BCUT2D eigenvalue weighted by molar-refractivity contribution is -0.120. The molecule has 3 rings (SSSR count). The summed E-state index contributed by atoms with van der Waals surface area (Å²) >= 11 is 1.16. The number of nitrogens with one attached hydrogen (secondary N) is 1. The maximum atomic E-state index is 12.6. The van der Waals surface area contributed by atoms with E-state index in [-0.39, 0.29) is 17.2 Å². The van der Waals surface area contributed by atoms with Gasteiger partial charge in [0.05, 0.1) is 9.20 Å². The third-order valence-electron chi connectivity index (χ3n) is 3.75. The van der Waals surface area contributed by atoms with E-state index in [0.717, 1.165) is 11.3 Å². The smallest absolute Gasteiger partial charge is 0.266 e. The van der Waals surface area contributed by atoms with E-state index in [1.54, 1.807) is 32.1 Å². The molecule has 0 aliphatic heterocycles. The number of H-pyrrole nitrogens is 1. The van der Waals surface area contributed by atoms with Gasteiger partial charge in [-0.25, -0.2) is 9.67 Å². The van der Waals surface area contributed by atoms with Gasteiger partial charge in [0, 0.05) is 17.2 Å². The minimum atomic E-state index is -0.928. The summed E-state index contributed by atoms with van der Waals surface area (Å²) in [7, 11) is 0. The zero-order valence-electron chi connectivity index (χ0n) is 14.4. The molecule has 0 saturated heterocycles. The molecule has 0 aliphatic carbocycles. The van der Waals surface area contributed by atoms with Gasteiger partial charge in [-0.3, -0.25) is 14.6 Å². The van der Waals surface area contributed by atoms with E-state index in [9.17, 15) is 9.59 Å². The number of aromatic amines is 1. The second kappa shape index (κ2) is 7.36. The molecule has 3 heterocycles. The Morgan fingerprint density at radius 1 is 1.44 bits per heavy atom. The average molecular weight is 382 g/mol. The molecule has 0 aliphatic rings. The van der Waals surface area contributed by atoms with Crippen LogP contribution < -0.4 is 14.8 Å². The van der Waals surface area contributed by atoms with Crippen molar-refractivity contribution in [3.8, 4) is 0 Å². The van der Waals surface area contributed by atoms with Gasteiger partial charge < -0.3 is 4.98 Å². The predicted molar refractivity (Wildman–Crippen MR) is 99.6 cm³/mol. The monoisotopic (exact) mass is 382 g/mol. The Hall–Kier alpha value is -3.56. The first kappa shape index (κ1) is 18.2. The fourth-order valence-electron chi connectivity index (χ4n) is 2.17. The summed E-state index contributed by atoms with van der Waals surface area (Å²) in [6, 6.07) is 3.23. The summed E-state index contributed by atoms with van der Waals surface area (Å²) in [5.41, 5.74) is 7.81. The van der Waals surface area contributed by atoms with E-state index in [2.05, 4.69) is 30.1 Å². The largest absolute Gasteiger partial charge is 0.313 e. The van der Waals surface area contributed by atoms with Crippen molar-refractivity contribution in [1.82, 2.24) is 24.7 Å². The van der Waals surface area contributed by atoms with Gasteiger partial charge in [-0.15, -0.1) is 11.3 Å². The van der Waals surface area contributed by atoms with Crippen LogP contribution in [0.15, 0.2) is 40.9 Å². The molecular weight excluding hydrogens is 368 g/mol. The van der Waals surface area contributed by atoms with Gasteiger partial charge in [0.15, 0.2) is 5.78 Å². The lowest BCUT2D eigenvalue weighted by Crippen LogP contribution is -2.36. The fourth-order valence-corrected chi connectivity index (χ4v) is 3.05. The second-order valence-corrected chi connectivity index (χ2v) is 7.06. The maximum absolute atomic E-state index is 12.6. The molecule has 136 valence electrons. The van der Waals surface area contributed by atoms with Crippen molar-refractivity contribution in [3.05, 3.63) is 66.5 Å². The molecule has 0 amide bonds. The van der Waals surface area contributed by atoms with Crippen molar-refractivity contribution < 1.29 is 4.79 Å². The van der Waals surface area contributed by atoms with Crippen LogP contribution in [0, 0.1) is 0 Å². The second-order valence-electron chi connectivity index (χ2n) is 5.98. The lowest BCUT2D eigenvalue weighted by Gasteiger charge is -2.20. The van der Waals surface area contributed by atoms with E-state index >= 15 is 0 Å². The Labute approximate surface area is 156 Å². The number of azide groups is 1. The Morgan fingerprint density at radius 3 is 2.89 bits per heavy atom. The molecule has 27 heavy (non-hydrogen) atoms. The fraction of sp³-hybridized carbons (Fsp3) is 0.188. The van der Waals surface area contributed by atoms with Crippen LogP contribution in [0.25, 0.3) is 22.6 Å². The minimum absolute atomic E-state index is 0.225. The highest BCUT2D eigenvalue weighted by molar-refractivity contribution is 7.07. The molecule has 0 atom stereocenters. The number of thiazole rings is 1. The number of carbonyl (C=O) groups is 1. The van der Waals surface area contributed by atoms with Crippen LogP contribution in [0.2, 0.25) is 0 Å². The Balaban J connectivity index is 1.94. The highest BCUT2D eigenvalue weighted by Crippen LogP contribution is 2.14. The molecule has 3 aromatic heterocycles. The van der Waals surface area contributed by atoms with Crippen molar-refractivity contribution in [2.75, 3.05) is 0 Å². The zero-order chi connectivity index (χ0) is 19.4. The molecule has 0 radical (unpaired) electrons. The van der Waals surface area contributed by atoms with Crippen LogP contribution in [-0.4, -0.2) is 30.5 Å². The van der Waals surface area contributed by atoms with Crippen LogP contribution in [-0.2, 0) is 10.3 Å². The molecule has 1 N–H and O–H groups in total. The van der Waals surface area contributed by atoms with E-state index in [1.165, 1.54) is 29.6 Å². The Kier molecular flexibility index (Phi) is 4.97. The van der Waals surface area contributed by atoms with Gasteiger partial charge >= 0.3 is 0 Å². The number of carbonyl (C=O) groups excluding carboxylic acids is 1. The maximum Gasteiger partial charge on any atom is 0.266 e. The van der Waals surface area contributed by atoms with Gasteiger partial charge in [-0.05, 0) is 42.2 Å². The van der Waals surface area contributed by atoms with E-state index in [1.807, 2.05) is 0 Å². The molecule has 0 aromatic carbocycles. The molecule has 11 heteroatoms. The first-order valence-corrected chi connectivity index (χ1v) is 8.55. The minimum Gasteiger partial charge on any atom is -0.313 e.